The minimum absolute atomic E-state index is 0.128. The van der Waals surface area contributed by atoms with E-state index in [0.717, 1.165) is 5.56 Å². The van der Waals surface area contributed by atoms with Crippen molar-refractivity contribution < 1.29 is 14.6 Å². The summed E-state index contributed by atoms with van der Waals surface area (Å²) in [5, 5.41) is 17.5. The molecule has 2 N–H and O–H groups in total. The Hall–Kier alpha value is -1.63. The monoisotopic (exact) mass is 220 g/mol. The molecular formula is C13H13FO2. The Morgan fingerprint density at radius 3 is 2.81 bits per heavy atom. The predicted octanol–water partition coefficient (Wildman–Crippen LogP) is 1.28. The Morgan fingerprint density at radius 2 is 2.19 bits per heavy atom. The van der Waals surface area contributed by atoms with Gasteiger partial charge in [0.05, 0.1) is 6.61 Å². The van der Waals surface area contributed by atoms with E-state index in [1.807, 2.05) is 0 Å². The Kier molecular flexibility index (Phi) is 5.27. The summed E-state index contributed by atoms with van der Waals surface area (Å²) < 4.78 is 12.9. The van der Waals surface area contributed by atoms with E-state index in [4.69, 9.17) is 10.2 Å². The summed E-state index contributed by atoms with van der Waals surface area (Å²) >= 11 is 0. The fourth-order valence-electron chi connectivity index (χ4n) is 1.26. The molecule has 1 rings (SSSR count). The summed E-state index contributed by atoms with van der Waals surface area (Å²) in [4.78, 5) is 0. The zero-order valence-corrected chi connectivity index (χ0v) is 8.78. The molecule has 0 bridgehead atoms. The van der Waals surface area contributed by atoms with Crippen LogP contribution in [0.1, 0.15) is 5.56 Å². The van der Waals surface area contributed by atoms with E-state index >= 15 is 0 Å². The van der Waals surface area contributed by atoms with E-state index in [1.165, 1.54) is 12.1 Å². The molecule has 0 spiro atoms. The van der Waals surface area contributed by atoms with Gasteiger partial charge >= 0.3 is 0 Å². The van der Waals surface area contributed by atoms with E-state index in [-0.39, 0.29) is 19.0 Å². The number of hydrogen-bond donors (Lipinski definition) is 2. The SMILES string of the molecule is OCC#C/C=C(/CO)Cc1cccc(F)c1. The molecule has 0 heterocycles. The summed E-state index contributed by atoms with van der Waals surface area (Å²) in [5.41, 5.74) is 1.47. The van der Waals surface area contributed by atoms with Gasteiger partial charge in [0.15, 0.2) is 0 Å². The van der Waals surface area contributed by atoms with Gasteiger partial charge in [-0.15, -0.1) is 0 Å². The second kappa shape index (κ2) is 6.78. The third-order valence-electron chi connectivity index (χ3n) is 1.98. The van der Waals surface area contributed by atoms with Crippen LogP contribution in [0.2, 0.25) is 0 Å². The van der Waals surface area contributed by atoms with Crippen molar-refractivity contribution in [1.82, 2.24) is 0 Å². The molecule has 0 radical (unpaired) electrons. The maximum absolute atomic E-state index is 12.9. The first-order chi connectivity index (χ1) is 7.76. The van der Waals surface area contributed by atoms with Gasteiger partial charge in [0.2, 0.25) is 0 Å². The quantitative estimate of drug-likeness (QED) is 0.753. The van der Waals surface area contributed by atoms with Gasteiger partial charge < -0.3 is 10.2 Å². The van der Waals surface area contributed by atoms with Gasteiger partial charge in [-0.2, -0.15) is 0 Å². The molecule has 0 saturated carbocycles. The first-order valence-corrected chi connectivity index (χ1v) is 4.88. The van der Waals surface area contributed by atoms with Gasteiger partial charge in [-0.1, -0.05) is 24.0 Å². The standard InChI is InChI=1S/C13H13FO2/c14-13-6-3-5-11(9-13)8-12(10-16)4-1-2-7-15/h3-6,9,15-16H,7-8,10H2/b12-4+. The third kappa shape index (κ3) is 4.26. The molecule has 0 aromatic heterocycles. The van der Waals surface area contributed by atoms with Crippen molar-refractivity contribution in [3.05, 3.63) is 47.3 Å². The Morgan fingerprint density at radius 1 is 1.38 bits per heavy atom. The molecule has 0 aliphatic carbocycles. The number of aliphatic hydroxyl groups excluding tert-OH is 2. The number of hydrogen-bond acceptors (Lipinski definition) is 2. The fraction of sp³-hybridized carbons (Fsp3) is 0.231. The van der Waals surface area contributed by atoms with Crippen LogP contribution < -0.4 is 0 Å². The van der Waals surface area contributed by atoms with Crippen molar-refractivity contribution in [2.45, 2.75) is 6.42 Å². The molecule has 2 nitrogen and oxygen atoms in total. The van der Waals surface area contributed by atoms with Crippen LogP contribution >= 0.6 is 0 Å². The maximum atomic E-state index is 12.9. The summed E-state index contributed by atoms with van der Waals surface area (Å²) in [6.07, 6.45) is 2.00. The van der Waals surface area contributed by atoms with Gasteiger partial charge in [0.1, 0.15) is 12.4 Å². The second-order valence-electron chi connectivity index (χ2n) is 3.25. The van der Waals surface area contributed by atoms with Crippen LogP contribution in [0, 0.1) is 17.7 Å². The van der Waals surface area contributed by atoms with Crippen molar-refractivity contribution in [3.8, 4) is 11.8 Å². The van der Waals surface area contributed by atoms with Crippen molar-refractivity contribution in [1.29, 1.82) is 0 Å². The lowest BCUT2D eigenvalue weighted by Crippen LogP contribution is -1.96. The maximum Gasteiger partial charge on any atom is 0.123 e. The lowest BCUT2D eigenvalue weighted by atomic mass is 10.1. The number of rotatable bonds is 3. The third-order valence-corrected chi connectivity index (χ3v) is 1.98. The number of allylic oxidation sites excluding steroid dienone is 1. The Bertz CT molecular complexity index is 427. The van der Waals surface area contributed by atoms with E-state index in [9.17, 15) is 4.39 Å². The van der Waals surface area contributed by atoms with Crippen LogP contribution in [0.4, 0.5) is 4.39 Å². The van der Waals surface area contributed by atoms with Gasteiger partial charge in [0.25, 0.3) is 0 Å². The van der Waals surface area contributed by atoms with Gasteiger partial charge in [-0.25, -0.2) is 4.39 Å². The molecule has 1 aromatic carbocycles. The van der Waals surface area contributed by atoms with Crippen LogP contribution in [-0.4, -0.2) is 23.4 Å². The minimum atomic E-state index is -0.295. The van der Waals surface area contributed by atoms with Crippen molar-refractivity contribution in [3.63, 3.8) is 0 Å². The van der Waals surface area contributed by atoms with E-state index in [1.54, 1.807) is 18.2 Å². The van der Waals surface area contributed by atoms with Crippen LogP contribution in [0.15, 0.2) is 35.9 Å². The molecular weight excluding hydrogens is 207 g/mol. The van der Waals surface area contributed by atoms with Crippen molar-refractivity contribution in [2.75, 3.05) is 13.2 Å². The topological polar surface area (TPSA) is 40.5 Å². The summed E-state index contributed by atoms with van der Waals surface area (Å²) in [6.45, 7) is -0.341. The molecule has 84 valence electrons. The molecule has 0 aliphatic rings. The van der Waals surface area contributed by atoms with Gasteiger partial charge in [-0.05, 0) is 35.8 Å². The van der Waals surface area contributed by atoms with Crippen molar-refractivity contribution in [2.24, 2.45) is 0 Å². The number of benzene rings is 1. The first-order valence-electron chi connectivity index (χ1n) is 4.88. The summed E-state index contributed by atoms with van der Waals surface area (Å²) in [7, 11) is 0. The normalized spacial score (nSPS) is 10.8. The number of aliphatic hydroxyl groups is 2. The van der Waals surface area contributed by atoms with Crippen molar-refractivity contribution >= 4 is 0 Å². The average molecular weight is 220 g/mol. The van der Waals surface area contributed by atoms with Crippen LogP contribution in [-0.2, 0) is 6.42 Å². The average Bonchev–Trinajstić information content (AvgIpc) is 2.28. The molecule has 0 aliphatic heterocycles. The minimum Gasteiger partial charge on any atom is -0.392 e. The van der Waals surface area contributed by atoms with E-state index < -0.39 is 0 Å². The zero-order chi connectivity index (χ0) is 11.8. The highest BCUT2D eigenvalue weighted by molar-refractivity contribution is 5.28. The summed E-state index contributed by atoms with van der Waals surface area (Å²) in [5.74, 6) is 4.76. The molecule has 0 saturated heterocycles. The van der Waals surface area contributed by atoms with E-state index in [0.29, 0.717) is 12.0 Å². The highest BCUT2D eigenvalue weighted by Crippen LogP contribution is 2.09. The zero-order valence-electron chi connectivity index (χ0n) is 8.78. The summed E-state index contributed by atoms with van der Waals surface area (Å²) in [6, 6.07) is 6.20. The lowest BCUT2D eigenvalue weighted by molar-refractivity contribution is 0.328. The lowest BCUT2D eigenvalue weighted by Gasteiger charge is -2.02. The Balaban J connectivity index is 2.74. The highest BCUT2D eigenvalue weighted by Gasteiger charge is 1.99. The molecule has 16 heavy (non-hydrogen) atoms. The number of halogens is 1. The molecule has 0 unspecified atom stereocenters. The second-order valence-corrected chi connectivity index (χ2v) is 3.25. The van der Waals surface area contributed by atoms with E-state index in [2.05, 4.69) is 11.8 Å². The van der Waals surface area contributed by atoms with Crippen LogP contribution in [0.25, 0.3) is 0 Å². The highest BCUT2D eigenvalue weighted by atomic mass is 19.1. The van der Waals surface area contributed by atoms with Crippen LogP contribution in [0.3, 0.4) is 0 Å². The van der Waals surface area contributed by atoms with Gasteiger partial charge in [-0.3, -0.25) is 0 Å². The Labute approximate surface area is 94.0 Å². The molecule has 1 aromatic rings. The molecule has 0 fully saturated rings. The van der Waals surface area contributed by atoms with Gasteiger partial charge in [0, 0.05) is 0 Å². The first kappa shape index (κ1) is 12.4. The molecule has 0 amide bonds. The largest absolute Gasteiger partial charge is 0.392 e. The predicted molar refractivity (Wildman–Crippen MR) is 60.1 cm³/mol. The van der Waals surface area contributed by atoms with Crippen LogP contribution in [0.5, 0.6) is 0 Å². The molecule has 3 heteroatoms. The molecule has 0 atom stereocenters. The smallest absolute Gasteiger partial charge is 0.123 e. The fourth-order valence-corrected chi connectivity index (χ4v) is 1.26.